The zero-order valence-electron chi connectivity index (χ0n) is 10.9. The monoisotopic (exact) mass is 247 g/mol. The number of nitrogens with two attached hydrogens (primary N) is 1. The molecule has 0 spiro atoms. The van der Waals surface area contributed by atoms with Crippen molar-refractivity contribution in [2.45, 2.75) is 13.0 Å². The summed E-state index contributed by atoms with van der Waals surface area (Å²) in [5.41, 5.74) is 7.00. The summed E-state index contributed by atoms with van der Waals surface area (Å²) >= 11 is 0. The highest BCUT2D eigenvalue weighted by atomic mass is 16.5. The highest BCUT2D eigenvalue weighted by Crippen LogP contribution is 2.03. The number of morpholine rings is 1. The maximum Gasteiger partial charge on any atom is 0.125 e. The summed E-state index contributed by atoms with van der Waals surface area (Å²) in [4.78, 5) is 6.92. The van der Waals surface area contributed by atoms with E-state index >= 15 is 0 Å². The lowest BCUT2D eigenvalue weighted by Crippen LogP contribution is -2.40. The summed E-state index contributed by atoms with van der Waals surface area (Å²) < 4.78 is 5.33. The number of benzene rings is 1. The van der Waals surface area contributed by atoms with Crippen LogP contribution in [-0.2, 0) is 4.74 Å². The number of amidine groups is 1. The van der Waals surface area contributed by atoms with E-state index in [1.807, 2.05) is 30.3 Å². The van der Waals surface area contributed by atoms with Crippen LogP contribution in [0.25, 0.3) is 0 Å². The second-order valence-electron chi connectivity index (χ2n) is 4.64. The third-order valence-electron chi connectivity index (χ3n) is 3.06. The number of aliphatic imine (C=N–C) groups is 1. The second-order valence-corrected chi connectivity index (χ2v) is 4.64. The molecule has 1 heterocycles. The summed E-state index contributed by atoms with van der Waals surface area (Å²) in [6.07, 6.45) is 0. The van der Waals surface area contributed by atoms with Gasteiger partial charge in [-0.1, -0.05) is 30.3 Å². The molecule has 0 saturated carbocycles. The quantitative estimate of drug-likeness (QED) is 0.640. The molecular formula is C14H21N3O. The van der Waals surface area contributed by atoms with Gasteiger partial charge in [0.1, 0.15) is 5.84 Å². The molecule has 0 aliphatic carbocycles. The normalized spacial score (nSPS) is 19.7. The molecule has 4 nitrogen and oxygen atoms in total. The number of ether oxygens (including phenoxy) is 1. The molecular weight excluding hydrogens is 226 g/mol. The molecule has 1 aromatic rings. The summed E-state index contributed by atoms with van der Waals surface area (Å²) in [5.74, 6) is 0.622. The first-order valence-corrected chi connectivity index (χ1v) is 6.44. The van der Waals surface area contributed by atoms with Gasteiger partial charge in [-0.3, -0.25) is 9.89 Å². The first-order valence-electron chi connectivity index (χ1n) is 6.44. The molecule has 1 unspecified atom stereocenters. The Morgan fingerprint density at radius 2 is 2.00 bits per heavy atom. The molecule has 1 aliphatic rings. The van der Waals surface area contributed by atoms with Crippen LogP contribution in [-0.4, -0.2) is 49.6 Å². The highest BCUT2D eigenvalue weighted by Gasteiger charge is 2.13. The zero-order chi connectivity index (χ0) is 12.8. The Hall–Kier alpha value is -1.39. The fraction of sp³-hybridized carbons (Fsp3) is 0.500. The molecule has 1 saturated heterocycles. The van der Waals surface area contributed by atoms with Gasteiger partial charge >= 0.3 is 0 Å². The van der Waals surface area contributed by atoms with Crippen molar-refractivity contribution < 1.29 is 4.74 Å². The number of hydrogen-bond donors (Lipinski definition) is 1. The lowest BCUT2D eigenvalue weighted by molar-refractivity contribution is 0.0361. The van der Waals surface area contributed by atoms with Gasteiger partial charge in [0, 0.05) is 25.2 Å². The largest absolute Gasteiger partial charge is 0.383 e. The molecule has 2 N–H and O–H groups in total. The topological polar surface area (TPSA) is 50.8 Å². The van der Waals surface area contributed by atoms with Crippen LogP contribution in [0.4, 0.5) is 0 Å². The van der Waals surface area contributed by atoms with Crippen molar-refractivity contribution in [1.29, 1.82) is 0 Å². The average molecular weight is 247 g/mol. The van der Waals surface area contributed by atoms with Gasteiger partial charge in [-0.15, -0.1) is 0 Å². The first kappa shape index (κ1) is 13.1. The smallest absolute Gasteiger partial charge is 0.125 e. The molecule has 1 aliphatic heterocycles. The van der Waals surface area contributed by atoms with E-state index < -0.39 is 0 Å². The molecule has 2 rings (SSSR count). The van der Waals surface area contributed by atoms with Crippen LogP contribution in [0, 0.1) is 0 Å². The summed E-state index contributed by atoms with van der Waals surface area (Å²) in [6.45, 7) is 6.67. The Morgan fingerprint density at radius 3 is 2.67 bits per heavy atom. The fourth-order valence-electron chi connectivity index (χ4n) is 2.12. The molecule has 1 atom stereocenters. The van der Waals surface area contributed by atoms with Crippen LogP contribution in [0.2, 0.25) is 0 Å². The van der Waals surface area contributed by atoms with Crippen LogP contribution in [0.3, 0.4) is 0 Å². The van der Waals surface area contributed by atoms with Gasteiger partial charge in [0.05, 0.1) is 19.3 Å². The van der Waals surface area contributed by atoms with Crippen LogP contribution >= 0.6 is 0 Å². The standard InChI is InChI=1S/C14H21N3O/c1-12(11-17-7-9-18-10-8-17)16-14(15)13-5-3-2-4-6-13/h2-6,12H,7-11H2,1H3,(H2,15,16). The molecule has 0 radical (unpaired) electrons. The van der Waals surface area contributed by atoms with Crippen LogP contribution in [0.15, 0.2) is 35.3 Å². The van der Waals surface area contributed by atoms with E-state index in [1.54, 1.807) is 0 Å². The number of rotatable bonds is 4. The van der Waals surface area contributed by atoms with Gasteiger partial charge in [-0.2, -0.15) is 0 Å². The van der Waals surface area contributed by atoms with Crippen molar-refractivity contribution in [2.75, 3.05) is 32.8 Å². The Morgan fingerprint density at radius 1 is 1.33 bits per heavy atom. The van der Waals surface area contributed by atoms with Gasteiger partial charge in [-0.05, 0) is 6.92 Å². The summed E-state index contributed by atoms with van der Waals surface area (Å²) in [7, 11) is 0. The van der Waals surface area contributed by atoms with E-state index in [0.717, 1.165) is 38.4 Å². The summed E-state index contributed by atoms with van der Waals surface area (Å²) in [5, 5.41) is 0. The van der Waals surface area contributed by atoms with Crippen molar-refractivity contribution in [2.24, 2.45) is 10.7 Å². The fourth-order valence-corrected chi connectivity index (χ4v) is 2.12. The second kappa shape index (κ2) is 6.52. The van der Waals surface area contributed by atoms with Crippen molar-refractivity contribution in [1.82, 2.24) is 4.90 Å². The average Bonchev–Trinajstić information content (AvgIpc) is 2.40. The van der Waals surface area contributed by atoms with Gasteiger partial charge in [0.25, 0.3) is 0 Å². The molecule has 18 heavy (non-hydrogen) atoms. The van der Waals surface area contributed by atoms with E-state index in [-0.39, 0.29) is 6.04 Å². The van der Waals surface area contributed by atoms with E-state index in [1.165, 1.54) is 0 Å². The van der Waals surface area contributed by atoms with Crippen LogP contribution in [0.1, 0.15) is 12.5 Å². The molecule has 0 bridgehead atoms. The SMILES string of the molecule is CC(CN1CCOCC1)N=C(N)c1ccccc1. The van der Waals surface area contributed by atoms with Crippen molar-refractivity contribution in [3.8, 4) is 0 Å². The third-order valence-corrected chi connectivity index (χ3v) is 3.06. The maximum absolute atomic E-state index is 6.01. The Kier molecular flexibility index (Phi) is 4.73. The Bertz CT molecular complexity index is 385. The minimum absolute atomic E-state index is 0.211. The van der Waals surface area contributed by atoms with Crippen LogP contribution < -0.4 is 5.73 Å². The number of hydrogen-bond acceptors (Lipinski definition) is 3. The molecule has 98 valence electrons. The van der Waals surface area contributed by atoms with Gasteiger partial charge < -0.3 is 10.5 Å². The first-order chi connectivity index (χ1) is 8.75. The minimum atomic E-state index is 0.211. The van der Waals surface area contributed by atoms with Crippen molar-refractivity contribution >= 4 is 5.84 Å². The maximum atomic E-state index is 6.01. The molecule has 0 aromatic heterocycles. The lowest BCUT2D eigenvalue weighted by Gasteiger charge is -2.28. The van der Waals surface area contributed by atoms with E-state index in [4.69, 9.17) is 10.5 Å². The van der Waals surface area contributed by atoms with Crippen molar-refractivity contribution in [3.05, 3.63) is 35.9 Å². The van der Waals surface area contributed by atoms with Gasteiger partial charge in [0.15, 0.2) is 0 Å². The zero-order valence-corrected chi connectivity index (χ0v) is 10.9. The van der Waals surface area contributed by atoms with E-state index in [2.05, 4.69) is 16.8 Å². The van der Waals surface area contributed by atoms with Gasteiger partial charge in [0.2, 0.25) is 0 Å². The number of nitrogens with zero attached hydrogens (tertiary/aromatic N) is 2. The van der Waals surface area contributed by atoms with Crippen molar-refractivity contribution in [3.63, 3.8) is 0 Å². The molecule has 0 amide bonds. The van der Waals surface area contributed by atoms with Crippen LogP contribution in [0.5, 0.6) is 0 Å². The summed E-state index contributed by atoms with van der Waals surface area (Å²) in [6, 6.07) is 10.1. The molecule has 1 aromatic carbocycles. The minimum Gasteiger partial charge on any atom is -0.383 e. The van der Waals surface area contributed by atoms with E-state index in [9.17, 15) is 0 Å². The molecule has 4 heteroatoms. The predicted octanol–water partition coefficient (Wildman–Crippen LogP) is 1.11. The van der Waals surface area contributed by atoms with E-state index in [0.29, 0.717) is 5.84 Å². The Labute approximate surface area is 108 Å². The lowest BCUT2D eigenvalue weighted by atomic mass is 10.2. The third kappa shape index (κ3) is 3.82. The molecule has 1 fully saturated rings. The Balaban J connectivity index is 1.91. The highest BCUT2D eigenvalue weighted by molar-refractivity contribution is 5.97. The predicted molar refractivity (Wildman–Crippen MR) is 73.9 cm³/mol. The van der Waals surface area contributed by atoms with Gasteiger partial charge in [-0.25, -0.2) is 0 Å².